The monoisotopic (exact) mass is 1450 g/mol. The molecule has 0 unspecified atom stereocenters. The van der Waals surface area contributed by atoms with Crippen molar-refractivity contribution in [1.29, 1.82) is 0 Å². The Morgan fingerprint density at radius 3 is 1.33 bits per heavy atom. The van der Waals surface area contributed by atoms with Crippen molar-refractivity contribution in [2.75, 3.05) is 86.8 Å². The molecule has 17 rings (SSSR count). The van der Waals surface area contributed by atoms with E-state index in [2.05, 4.69) is 85.2 Å². The molecule has 0 amide bonds. The van der Waals surface area contributed by atoms with Gasteiger partial charge in [-0.05, 0) is 93.6 Å². The number of halogens is 2. The predicted molar refractivity (Wildman–Crippen MR) is 401 cm³/mol. The van der Waals surface area contributed by atoms with Gasteiger partial charge in [0.2, 0.25) is 0 Å². The maximum absolute atomic E-state index is 14.0. The fraction of sp³-hybridized carbons (Fsp3) is 0.250. The van der Waals surface area contributed by atoms with Crippen LogP contribution >= 0.6 is 0 Å². The summed E-state index contributed by atoms with van der Waals surface area (Å²) in [7, 11) is 10.5. The fourth-order valence-electron chi connectivity index (χ4n) is 12.1. The topological polar surface area (TPSA) is 420 Å². The summed E-state index contributed by atoms with van der Waals surface area (Å²) >= 11 is 0. The van der Waals surface area contributed by atoms with Crippen LogP contribution in [0.15, 0.2) is 129 Å². The third-order valence-electron chi connectivity index (χ3n) is 17.0. The Morgan fingerprint density at radius 1 is 0.449 bits per heavy atom. The van der Waals surface area contributed by atoms with Crippen LogP contribution in [0.1, 0.15) is 27.2 Å². The molecule has 33 nitrogen and oxygen atoms in total. The third kappa shape index (κ3) is 15.1. The second-order valence-corrected chi connectivity index (χ2v) is 24.5. The number of benzene rings is 4. The van der Waals surface area contributed by atoms with Crippen LogP contribution in [0.4, 0.5) is 43.7 Å². The van der Waals surface area contributed by atoms with E-state index in [0.717, 1.165) is 106 Å². The lowest BCUT2D eigenvalue weighted by molar-refractivity contribution is 0.122. The number of nitrogen functional groups attached to an aromatic ring is 5. The number of hydrogen-bond acceptors (Lipinski definition) is 28. The van der Waals surface area contributed by atoms with Gasteiger partial charge in [-0.1, -0.05) is 12.1 Å². The van der Waals surface area contributed by atoms with Crippen molar-refractivity contribution in [2.24, 2.45) is 35.2 Å². The summed E-state index contributed by atoms with van der Waals surface area (Å²) in [6.07, 6.45) is 9.89. The van der Waals surface area contributed by atoms with E-state index < -0.39 is 11.6 Å². The number of pyridine rings is 1. The lowest BCUT2D eigenvalue weighted by Gasteiger charge is -2.27. The van der Waals surface area contributed by atoms with Gasteiger partial charge in [0.1, 0.15) is 112 Å². The second-order valence-electron chi connectivity index (χ2n) is 24.5. The molecule has 548 valence electrons. The number of methoxy groups -OCH3 is 1. The predicted octanol–water partition coefficient (Wildman–Crippen LogP) is 8.93. The summed E-state index contributed by atoms with van der Waals surface area (Å²) < 4.78 is 68.7. The normalized spacial score (nSPS) is 12.6. The molecule has 0 bridgehead atoms. The molecule has 0 radical (unpaired) electrons. The number of morpholine rings is 1. The third-order valence-corrected chi connectivity index (χ3v) is 17.0. The molecule has 15 aromatic rings. The SMILES string of the molecule is CC(C)Oc1cccc(-c2nn(C)c3ncnc(N)c23)c1.CCOc1ccc(-c2nn(C)c3ncnc(N)c23)cc1F.COc1cc(F)cc(-c2nn(C)c3ncnc(N)c23)c1.Cn1nc(-c2ccc(N3CCOCC3)nc2)c2c(N)ncnc21.Cn1nc(-c2ccc3c(c2)OCCCO3)c2c(N)ncnc21. The summed E-state index contributed by atoms with van der Waals surface area (Å²) in [5.41, 5.74) is 40.3. The van der Waals surface area contributed by atoms with Gasteiger partial charge < -0.3 is 62.0 Å². The zero-order valence-corrected chi connectivity index (χ0v) is 59.8. The number of aryl methyl sites for hydroxylation is 5. The van der Waals surface area contributed by atoms with Crippen LogP contribution in [0, 0.1) is 11.6 Å². The van der Waals surface area contributed by atoms with Crippen LogP contribution < -0.4 is 57.3 Å². The van der Waals surface area contributed by atoms with Gasteiger partial charge in [0.15, 0.2) is 51.3 Å². The molecule has 1 saturated heterocycles. The van der Waals surface area contributed by atoms with Gasteiger partial charge >= 0.3 is 0 Å². The van der Waals surface area contributed by atoms with E-state index in [0.29, 0.717) is 116 Å². The number of anilines is 6. The molecular weight excluding hydrogens is 1380 g/mol. The molecule has 2 aliphatic heterocycles. The first-order valence-corrected chi connectivity index (χ1v) is 33.6. The van der Waals surface area contributed by atoms with Crippen molar-refractivity contribution in [2.45, 2.75) is 33.3 Å². The Labute approximate surface area is 609 Å². The summed E-state index contributed by atoms with van der Waals surface area (Å²) in [6.45, 7) is 10.7. The Bertz CT molecular complexity index is 5720. The largest absolute Gasteiger partial charge is 0.497 e. The van der Waals surface area contributed by atoms with E-state index in [1.807, 2.05) is 95.8 Å². The van der Waals surface area contributed by atoms with Crippen molar-refractivity contribution >= 4 is 90.1 Å². The van der Waals surface area contributed by atoms with Gasteiger partial charge in [-0.3, -0.25) is 0 Å². The minimum Gasteiger partial charge on any atom is -0.497 e. The van der Waals surface area contributed by atoms with Crippen LogP contribution in [-0.4, -0.2) is 163 Å². The fourth-order valence-corrected chi connectivity index (χ4v) is 12.1. The Balaban J connectivity index is 0.000000118. The maximum atomic E-state index is 14.0. The van der Waals surface area contributed by atoms with Crippen LogP contribution in [0.25, 0.3) is 111 Å². The van der Waals surface area contributed by atoms with Gasteiger partial charge in [-0.15, -0.1) is 0 Å². The smallest absolute Gasteiger partial charge is 0.165 e. The first-order valence-electron chi connectivity index (χ1n) is 33.6. The molecule has 0 aliphatic carbocycles. The summed E-state index contributed by atoms with van der Waals surface area (Å²) in [6, 6.07) is 26.6. The molecule has 35 heteroatoms. The van der Waals surface area contributed by atoms with Crippen LogP contribution in [-0.2, 0) is 40.0 Å². The highest BCUT2D eigenvalue weighted by Crippen LogP contribution is 2.39. The highest BCUT2D eigenvalue weighted by Gasteiger charge is 2.24. The van der Waals surface area contributed by atoms with Gasteiger partial charge in [-0.2, -0.15) is 25.5 Å². The Morgan fingerprint density at radius 2 is 0.879 bits per heavy atom. The van der Waals surface area contributed by atoms with Crippen molar-refractivity contribution in [3.63, 3.8) is 0 Å². The highest BCUT2D eigenvalue weighted by molar-refractivity contribution is 6.02. The molecule has 107 heavy (non-hydrogen) atoms. The first kappa shape index (κ1) is 71.8. The second kappa shape index (κ2) is 31.2. The number of rotatable bonds is 11. The number of hydrogen-bond donors (Lipinski definition) is 5. The van der Waals surface area contributed by atoms with E-state index in [9.17, 15) is 8.78 Å². The summed E-state index contributed by atoms with van der Waals surface area (Å²) in [5, 5.41) is 25.8. The van der Waals surface area contributed by atoms with Crippen molar-refractivity contribution in [3.05, 3.63) is 140 Å². The standard InChI is InChI=1S/C15H17N7O.C15H15N5O2.C15H17N5O.C14H14FN5O.C13H12FN5O/c1-21-15-12(14(16)18-9-19-15)13(20-21)10-2-3-11(17-8-10)22-4-6-23-7-5-22;1-20-15-12(14(16)17-8-18-15)13(19-20)9-3-4-10-11(7-9)22-6-2-5-21-10;1-9(2)21-11-6-4-5-10(7-11)13-12-14(16)17-8-18-15(12)20(3)19-13;1-3-21-10-5-4-8(6-9(10)15)12-11-13(16)17-7-18-14(11)20(2)19-12;1-19-13-10(12(15)16-6-17-13)11(18-19)7-3-8(14)5-9(4-7)20-2/h2-3,8-9H,4-7H2,1H3,(H2,16,18,19);3-4,7-8H,2,5-6H2,1H3,(H2,16,17,18);4-9H,1-3H3,(H2,16,17,18);4-7H,3H2,1-2H3,(H2,16,17,18);3-6H,1-2H3,(H2,15,16,17). The molecule has 0 saturated carbocycles. The molecule has 0 atom stereocenters. The average molecular weight is 1450 g/mol. The van der Waals surface area contributed by atoms with E-state index in [1.54, 1.807) is 62.6 Å². The zero-order valence-electron chi connectivity index (χ0n) is 59.8. The number of fused-ring (bicyclic) bond motifs is 6. The molecule has 13 heterocycles. The number of nitrogens with zero attached hydrogens (tertiary/aromatic N) is 22. The molecule has 10 N–H and O–H groups in total. The number of aromatic nitrogens is 21. The molecule has 4 aromatic carbocycles. The molecule has 2 aliphatic rings. The van der Waals surface area contributed by atoms with Gasteiger partial charge in [0.25, 0.3) is 0 Å². The molecule has 11 aromatic heterocycles. The van der Waals surface area contributed by atoms with E-state index in [4.69, 9.17) is 57.1 Å². The highest BCUT2D eigenvalue weighted by atomic mass is 19.1. The van der Waals surface area contributed by atoms with Crippen molar-refractivity contribution in [1.82, 2.24) is 104 Å². The zero-order chi connectivity index (χ0) is 75.2. The number of ether oxygens (including phenoxy) is 6. The van der Waals surface area contributed by atoms with Crippen LogP contribution in [0.2, 0.25) is 0 Å². The summed E-state index contributed by atoms with van der Waals surface area (Å²) in [4.78, 5) is 47.9. The van der Waals surface area contributed by atoms with E-state index >= 15 is 0 Å². The minimum atomic E-state index is -0.441. The van der Waals surface area contributed by atoms with Crippen molar-refractivity contribution in [3.8, 4) is 85.0 Å². The van der Waals surface area contributed by atoms with Crippen LogP contribution in [0.5, 0.6) is 28.7 Å². The van der Waals surface area contributed by atoms with Crippen molar-refractivity contribution < 1.29 is 37.2 Å². The summed E-state index contributed by atoms with van der Waals surface area (Å²) in [5.74, 6) is 4.90. The van der Waals surface area contributed by atoms with E-state index in [-0.39, 0.29) is 11.9 Å². The van der Waals surface area contributed by atoms with Gasteiger partial charge in [0, 0.05) is 94.8 Å². The number of nitrogens with two attached hydrogens (primary N) is 5. The Hall–Kier alpha value is -13.6. The lowest BCUT2D eigenvalue weighted by atomic mass is 10.1. The molecule has 0 spiro atoms. The maximum Gasteiger partial charge on any atom is 0.165 e. The first-order chi connectivity index (χ1) is 51.7. The quantitative estimate of drug-likeness (QED) is 0.0806. The van der Waals surface area contributed by atoms with Crippen LogP contribution in [0.3, 0.4) is 0 Å². The molecule has 1 fully saturated rings. The lowest BCUT2D eigenvalue weighted by Crippen LogP contribution is -2.36. The van der Waals surface area contributed by atoms with Gasteiger partial charge in [-0.25, -0.2) is 87.0 Å². The Kier molecular flexibility index (Phi) is 20.9. The minimum absolute atomic E-state index is 0.120. The molecular formula is C72H75F2N27O6. The average Bonchev–Trinajstić information content (AvgIpc) is 1.66. The van der Waals surface area contributed by atoms with Gasteiger partial charge in [0.05, 0.1) is 73.2 Å². The van der Waals surface area contributed by atoms with E-state index in [1.165, 1.54) is 56.9 Å².